The first-order valence-corrected chi connectivity index (χ1v) is 8.03. The average molecular weight is 331 g/mol. The first-order valence-electron chi connectivity index (χ1n) is 7.66. The molecule has 0 bridgehead atoms. The number of aryl methyl sites for hydroxylation is 1. The molecule has 0 aliphatic carbocycles. The minimum Gasteiger partial charge on any atom is -0.370 e. The fourth-order valence-electron chi connectivity index (χ4n) is 2.81. The fraction of sp³-hybridized carbons (Fsp3) is 0.333. The van der Waals surface area contributed by atoms with Gasteiger partial charge >= 0.3 is 0 Å². The average Bonchev–Trinajstić information content (AvgIpc) is 2.55. The molecule has 2 unspecified atom stereocenters. The number of carbonyl (C=O) groups excluding carboxylic acids is 1. The zero-order valence-corrected chi connectivity index (χ0v) is 14.0. The Morgan fingerprint density at radius 1 is 1.35 bits per heavy atom. The highest BCUT2D eigenvalue weighted by Gasteiger charge is 2.31. The second kappa shape index (κ2) is 6.69. The number of benzene rings is 1. The zero-order chi connectivity index (χ0) is 16.4. The molecule has 1 aliphatic heterocycles. The maximum absolute atomic E-state index is 12.9. The molecule has 0 saturated carbocycles. The maximum atomic E-state index is 12.9. The summed E-state index contributed by atoms with van der Waals surface area (Å²) in [6.45, 7) is 4.86. The largest absolute Gasteiger partial charge is 0.370 e. The van der Waals surface area contributed by atoms with Crippen LogP contribution in [0.2, 0.25) is 5.02 Å². The molecular weight excluding hydrogens is 312 g/mol. The van der Waals surface area contributed by atoms with Crippen LogP contribution in [-0.2, 0) is 4.74 Å². The minimum atomic E-state index is -0.161. The van der Waals surface area contributed by atoms with Gasteiger partial charge in [-0.2, -0.15) is 0 Å². The molecule has 1 aliphatic rings. The number of halogens is 1. The third-order valence-electron chi connectivity index (χ3n) is 4.15. The summed E-state index contributed by atoms with van der Waals surface area (Å²) in [6.07, 6.45) is 1.54. The Morgan fingerprint density at radius 3 is 2.91 bits per heavy atom. The predicted octanol–water partition coefficient (Wildman–Crippen LogP) is 3.65. The van der Waals surface area contributed by atoms with Crippen molar-refractivity contribution in [1.29, 1.82) is 0 Å². The third kappa shape index (κ3) is 3.38. The summed E-state index contributed by atoms with van der Waals surface area (Å²) in [6, 6.07) is 11.2. The second-order valence-electron chi connectivity index (χ2n) is 5.82. The number of aromatic nitrogens is 1. The van der Waals surface area contributed by atoms with Gasteiger partial charge < -0.3 is 9.64 Å². The number of carbonyl (C=O) groups is 1. The normalized spacial score (nSPS) is 21.3. The Balaban J connectivity index is 1.84. The van der Waals surface area contributed by atoms with Crippen LogP contribution in [0.25, 0.3) is 0 Å². The summed E-state index contributed by atoms with van der Waals surface area (Å²) in [5, 5.41) is 0.672. The number of hydrogen-bond donors (Lipinski definition) is 0. The van der Waals surface area contributed by atoms with E-state index in [9.17, 15) is 4.79 Å². The van der Waals surface area contributed by atoms with Gasteiger partial charge in [-0.1, -0.05) is 23.7 Å². The summed E-state index contributed by atoms with van der Waals surface area (Å²) in [7, 11) is 0. The highest BCUT2D eigenvalue weighted by atomic mass is 35.5. The van der Waals surface area contributed by atoms with E-state index in [1.165, 1.54) is 0 Å². The van der Waals surface area contributed by atoms with Gasteiger partial charge in [0.05, 0.1) is 24.8 Å². The van der Waals surface area contributed by atoms with Crippen LogP contribution in [0.1, 0.15) is 34.6 Å². The van der Waals surface area contributed by atoms with Crippen molar-refractivity contribution in [2.45, 2.75) is 26.0 Å². The fourth-order valence-corrected chi connectivity index (χ4v) is 3.01. The van der Waals surface area contributed by atoms with Crippen molar-refractivity contribution in [1.82, 2.24) is 9.88 Å². The van der Waals surface area contributed by atoms with Crippen molar-refractivity contribution in [3.63, 3.8) is 0 Å². The van der Waals surface area contributed by atoms with Gasteiger partial charge in [0, 0.05) is 16.9 Å². The lowest BCUT2D eigenvalue weighted by molar-refractivity contribution is -0.0487. The molecule has 23 heavy (non-hydrogen) atoms. The molecule has 4 nitrogen and oxygen atoms in total. The Kier molecular flexibility index (Phi) is 4.64. The van der Waals surface area contributed by atoms with Gasteiger partial charge in [0.2, 0.25) is 0 Å². The molecule has 2 atom stereocenters. The molecule has 1 saturated heterocycles. The molecule has 5 heteroatoms. The molecular formula is C18H19ClN2O2. The van der Waals surface area contributed by atoms with E-state index in [4.69, 9.17) is 16.3 Å². The first kappa shape index (κ1) is 16.0. The molecule has 1 aromatic heterocycles. The maximum Gasteiger partial charge on any atom is 0.256 e. The van der Waals surface area contributed by atoms with Gasteiger partial charge in [-0.15, -0.1) is 0 Å². The molecule has 3 rings (SSSR count). The number of hydrogen-bond acceptors (Lipinski definition) is 3. The summed E-state index contributed by atoms with van der Waals surface area (Å²) in [5.41, 5.74) is 2.38. The number of ether oxygens (including phenoxy) is 1. The molecule has 1 fully saturated rings. The van der Waals surface area contributed by atoms with Crippen molar-refractivity contribution in [2.24, 2.45) is 0 Å². The number of pyridine rings is 1. The monoisotopic (exact) mass is 330 g/mol. The number of nitrogens with zero attached hydrogens (tertiary/aromatic N) is 2. The van der Waals surface area contributed by atoms with Gasteiger partial charge in [-0.25, -0.2) is 0 Å². The highest BCUT2D eigenvalue weighted by Crippen LogP contribution is 2.27. The van der Waals surface area contributed by atoms with Crippen molar-refractivity contribution in [3.8, 4) is 0 Å². The predicted molar refractivity (Wildman–Crippen MR) is 89.6 cm³/mol. The Labute approximate surface area is 141 Å². The second-order valence-corrected chi connectivity index (χ2v) is 6.26. The van der Waals surface area contributed by atoms with Crippen molar-refractivity contribution in [2.75, 3.05) is 13.2 Å². The highest BCUT2D eigenvalue weighted by molar-refractivity contribution is 6.30. The summed E-state index contributed by atoms with van der Waals surface area (Å²) >= 11 is 6.06. The minimum absolute atomic E-state index is 0.00146. The van der Waals surface area contributed by atoms with E-state index in [1.807, 2.05) is 49.1 Å². The Hall–Kier alpha value is -1.91. The van der Waals surface area contributed by atoms with Crippen LogP contribution in [0.3, 0.4) is 0 Å². The molecule has 2 heterocycles. The third-order valence-corrected chi connectivity index (χ3v) is 4.39. The summed E-state index contributed by atoms with van der Waals surface area (Å²) < 4.78 is 5.91. The molecule has 1 amide bonds. The lowest BCUT2D eigenvalue weighted by atomic mass is 10.0. The van der Waals surface area contributed by atoms with E-state index in [0.717, 1.165) is 11.3 Å². The molecule has 120 valence electrons. The van der Waals surface area contributed by atoms with Gasteiger partial charge in [-0.05, 0) is 43.7 Å². The standard InChI is InChI=1S/C18H19ClN2O2/c1-12-11-23-17(14-5-3-6-15(19)9-14)10-21(12)18(22)16-7-4-8-20-13(16)2/h3-9,12,17H,10-11H2,1-2H3. The molecule has 1 aromatic carbocycles. The van der Waals surface area contributed by atoms with Crippen molar-refractivity contribution < 1.29 is 9.53 Å². The lowest BCUT2D eigenvalue weighted by Crippen LogP contribution is -2.48. The van der Waals surface area contributed by atoms with E-state index < -0.39 is 0 Å². The number of amides is 1. The Bertz CT molecular complexity index is 720. The van der Waals surface area contributed by atoms with E-state index in [1.54, 1.807) is 12.3 Å². The lowest BCUT2D eigenvalue weighted by Gasteiger charge is -2.38. The topological polar surface area (TPSA) is 42.4 Å². The molecule has 0 radical (unpaired) electrons. The van der Waals surface area contributed by atoms with Gasteiger partial charge in [0.1, 0.15) is 6.10 Å². The first-order chi connectivity index (χ1) is 11.1. The van der Waals surface area contributed by atoms with Crippen LogP contribution in [0.4, 0.5) is 0 Å². The molecule has 0 N–H and O–H groups in total. The van der Waals surface area contributed by atoms with E-state index in [0.29, 0.717) is 23.7 Å². The smallest absolute Gasteiger partial charge is 0.256 e. The SMILES string of the molecule is Cc1ncccc1C(=O)N1CC(c2cccc(Cl)c2)OCC1C. The van der Waals surface area contributed by atoms with Crippen LogP contribution in [0.15, 0.2) is 42.6 Å². The van der Waals surface area contributed by atoms with Crippen LogP contribution in [0.5, 0.6) is 0 Å². The zero-order valence-electron chi connectivity index (χ0n) is 13.2. The van der Waals surface area contributed by atoms with E-state index in [-0.39, 0.29) is 18.1 Å². The number of morpholine rings is 1. The van der Waals surface area contributed by atoms with Crippen molar-refractivity contribution in [3.05, 3.63) is 64.4 Å². The van der Waals surface area contributed by atoms with Gasteiger partial charge in [0.25, 0.3) is 5.91 Å². The van der Waals surface area contributed by atoms with Gasteiger partial charge in [0.15, 0.2) is 0 Å². The molecule has 0 spiro atoms. The van der Waals surface area contributed by atoms with E-state index in [2.05, 4.69) is 4.98 Å². The van der Waals surface area contributed by atoms with Crippen LogP contribution < -0.4 is 0 Å². The van der Waals surface area contributed by atoms with Crippen molar-refractivity contribution >= 4 is 17.5 Å². The van der Waals surface area contributed by atoms with Crippen LogP contribution in [0, 0.1) is 6.92 Å². The summed E-state index contributed by atoms with van der Waals surface area (Å²) in [5.74, 6) is -0.00146. The van der Waals surface area contributed by atoms with E-state index >= 15 is 0 Å². The van der Waals surface area contributed by atoms with Crippen LogP contribution >= 0.6 is 11.6 Å². The number of rotatable bonds is 2. The summed E-state index contributed by atoms with van der Waals surface area (Å²) in [4.78, 5) is 19.0. The Morgan fingerprint density at radius 2 is 2.17 bits per heavy atom. The van der Waals surface area contributed by atoms with Gasteiger partial charge in [-0.3, -0.25) is 9.78 Å². The molecule has 2 aromatic rings. The quantitative estimate of drug-likeness (QED) is 0.844. The van der Waals surface area contributed by atoms with Crippen LogP contribution in [-0.4, -0.2) is 35.0 Å².